The van der Waals surface area contributed by atoms with E-state index >= 15 is 0 Å². The summed E-state index contributed by atoms with van der Waals surface area (Å²) in [6.45, 7) is 4.19. The Morgan fingerprint density at radius 2 is 1.94 bits per heavy atom. The molecule has 1 rings (SSSR count). The molecule has 0 aliphatic rings. The Kier molecular flexibility index (Phi) is 5.65. The van der Waals surface area contributed by atoms with E-state index in [2.05, 4.69) is 0 Å². The second-order valence-electron chi connectivity index (χ2n) is 4.37. The lowest BCUT2D eigenvalue weighted by atomic mass is 10.0. The molecule has 0 amide bonds. The molecule has 18 heavy (non-hydrogen) atoms. The summed E-state index contributed by atoms with van der Waals surface area (Å²) in [7, 11) is 1.61. The lowest BCUT2D eigenvalue weighted by Crippen LogP contribution is -2.37. The third-order valence-electron chi connectivity index (χ3n) is 3.07. The van der Waals surface area contributed by atoms with Gasteiger partial charge in [-0.1, -0.05) is 32.4 Å². The van der Waals surface area contributed by atoms with Crippen LogP contribution in [-0.2, 0) is 16.1 Å². The predicted molar refractivity (Wildman–Crippen MR) is 70.2 cm³/mol. The smallest absolute Gasteiger partial charge is 0.323 e. The zero-order valence-corrected chi connectivity index (χ0v) is 11.2. The molecule has 4 heteroatoms. The fourth-order valence-corrected chi connectivity index (χ4v) is 1.46. The Morgan fingerprint density at radius 3 is 2.44 bits per heavy atom. The summed E-state index contributed by atoms with van der Waals surface area (Å²) in [6, 6.07) is 6.84. The van der Waals surface area contributed by atoms with E-state index in [-0.39, 0.29) is 18.5 Å². The lowest BCUT2D eigenvalue weighted by molar-refractivity contribution is -0.147. The second kappa shape index (κ2) is 7.01. The minimum absolute atomic E-state index is 0.133. The lowest BCUT2D eigenvalue weighted by Gasteiger charge is -2.16. The summed E-state index contributed by atoms with van der Waals surface area (Å²) in [4.78, 5) is 11.7. The van der Waals surface area contributed by atoms with Crippen LogP contribution in [0.3, 0.4) is 0 Å². The molecule has 0 aromatic heterocycles. The van der Waals surface area contributed by atoms with Gasteiger partial charge in [0.2, 0.25) is 0 Å². The van der Waals surface area contributed by atoms with Crippen molar-refractivity contribution in [3.8, 4) is 5.75 Å². The monoisotopic (exact) mass is 251 g/mol. The van der Waals surface area contributed by atoms with Crippen LogP contribution in [0, 0.1) is 5.92 Å². The van der Waals surface area contributed by atoms with E-state index in [0.29, 0.717) is 0 Å². The van der Waals surface area contributed by atoms with E-state index in [1.165, 1.54) is 0 Å². The van der Waals surface area contributed by atoms with Crippen molar-refractivity contribution >= 4 is 5.97 Å². The summed E-state index contributed by atoms with van der Waals surface area (Å²) >= 11 is 0. The van der Waals surface area contributed by atoms with Crippen molar-refractivity contribution in [1.29, 1.82) is 0 Å². The fraction of sp³-hybridized carbons (Fsp3) is 0.500. The van der Waals surface area contributed by atoms with Gasteiger partial charge in [-0.3, -0.25) is 4.79 Å². The molecule has 0 saturated carbocycles. The number of esters is 1. The largest absolute Gasteiger partial charge is 0.497 e. The molecule has 0 radical (unpaired) electrons. The van der Waals surface area contributed by atoms with Crippen LogP contribution in [0.2, 0.25) is 0 Å². The van der Waals surface area contributed by atoms with Crippen LogP contribution < -0.4 is 10.5 Å². The number of ether oxygens (including phenoxy) is 2. The van der Waals surface area contributed by atoms with Crippen LogP contribution >= 0.6 is 0 Å². The van der Waals surface area contributed by atoms with Gasteiger partial charge >= 0.3 is 5.97 Å². The molecule has 0 spiro atoms. The molecule has 0 aliphatic heterocycles. The number of rotatable bonds is 6. The van der Waals surface area contributed by atoms with Crippen molar-refractivity contribution < 1.29 is 14.3 Å². The topological polar surface area (TPSA) is 61.6 Å². The first-order chi connectivity index (χ1) is 8.58. The Hall–Kier alpha value is -1.55. The van der Waals surface area contributed by atoms with Crippen molar-refractivity contribution in [2.45, 2.75) is 32.9 Å². The number of carbonyl (C=O) groups is 1. The predicted octanol–water partition coefficient (Wildman–Crippen LogP) is 2.11. The van der Waals surface area contributed by atoms with Crippen molar-refractivity contribution in [2.75, 3.05) is 7.11 Å². The number of benzene rings is 1. The van der Waals surface area contributed by atoms with Crippen LogP contribution in [0.15, 0.2) is 24.3 Å². The highest BCUT2D eigenvalue weighted by Crippen LogP contribution is 2.13. The third-order valence-corrected chi connectivity index (χ3v) is 3.07. The van der Waals surface area contributed by atoms with E-state index in [9.17, 15) is 4.79 Å². The zero-order valence-electron chi connectivity index (χ0n) is 11.2. The highest BCUT2D eigenvalue weighted by molar-refractivity contribution is 5.75. The molecular formula is C14H21NO3. The van der Waals surface area contributed by atoms with E-state index in [1.807, 2.05) is 38.1 Å². The molecule has 4 nitrogen and oxygen atoms in total. The first-order valence-corrected chi connectivity index (χ1v) is 6.13. The van der Waals surface area contributed by atoms with E-state index < -0.39 is 6.04 Å². The molecule has 0 unspecified atom stereocenters. The fourth-order valence-electron chi connectivity index (χ4n) is 1.46. The number of hydrogen-bond donors (Lipinski definition) is 1. The van der Waals surface area contributed by atoms with Gasteiger partial charge in [-0.2, -0.15) is 0 Å². The molecule has 1 aromatic carbocycles. The highest BCUT2D eigenvalue weighted by Gasteiger charge is 2.20. The highest BCUT2D eigenvalue weighted by atomic mass is 16.5. The standard InChI is InChI=1S/C14H21NO3/c1-4-10(2)13(15)14(16)18-9-11-5-7-12(17-3)8-6-11/h5-8,10,13H,4,9,15H2,1-3H3/t10-,13-/m0/s1. The maximum absolute atomic E-state index is 11.7. The Labute approximate surface area is 108 Å². The van der Waals surface area contributed by atoms with Crippen LogP contribution in [0.1, 0.15) is 25.8 Å². The van der Waals surface area contributed by atoms with Gasteiger partial charge < -0.3 is 15.2 Å². The normalized spacial score (nSPS) is 13.8. The Morgan fingerprint density at radius 1 is 1.33 bits per heavy atom. The molecular weight excluding hydrogens is 230 g/mol. The van der Waals surface area contributed by atoms with Gasteiger partial charge in [-0.15, -0.1) is 0 Å². The maximum Gasteiger partial charge on any atom is 0.323 e. The summed E-state index contributed by atoms with van der Waals surface area (Å²) < 4.78 is 10.2. The van der Waals surface area contributed by atoms with Crippen molar-refractivity contribution in [2.24, 2.45) is 11.7 Å². The Balaban J connectivity index is 2.46. The van der Waals surface area contributed by atoms with Crippen LogP contribution in [0.4, 0.5) is 0 Å². The first kappa shape index (κ1) is 14.5. The molecule has 0 heterocycles. The summed E-state index contributed by atoms with van der Waals surface area (Å²) in [5.74, 6) is 0.565. The van der Waals surface area contributed by atoms with Crippen molar-refractivity contribution in [3.63, 3.8) is 0 Å². The minimum Gasteiger partial charge on any atom is -0.497 e. The average molecular weight is 251 g/mol. The van der Waals surface area contributed by atoms with Crippen molar-refractivity contribution in [1.82, 2.24) is 0 Å². The molecule has 0 bridgehead atoms. The molecule has 2 atom stereocenters. The summed E-state index contributed by atoms with van der Waals surface area (Å²) in [6.07, 6.45) is 0.860. The molecule has 2 N–H and O–H groups in total. The molecule has 0 aliphatic carbocycles. The summed E-state index contributed by atoms with van der Waals surface area (Å²) in [5.41, 5.74) is 6.70. The maximum atomic E-state index is 11.7. The first-order valence-electron chi connectivity index (χ1n) is 6.13. The number of carbonyl (C=O) groups excluding carboxylic acids is 1. The van der Waals surface area contributed by atoms with E-state index in [0.717, 1.165) is 17.7 Å². The van der Waals surface area contributed by atoms with E-state index in [4.69, 9.17) is 15.2 Å². The number of nitrogens with two attached hydrogens (primary N) is 1. The van der Waals surface area contributed by atoms with Gasteiger partial charge in [0, 0.05) is 0 Å². The number of hydrogen-bond acceptors (Lipinski definition) is 4. The Bertz CT molecular complexity index is 375. The van der Waals surface area contributed by atoms with Crippen LogP contribution in [-0.4, -0.2) is 19.1 Å². The molecule has 0 fully saturated rings. The average Bonchev–Trinajstić information content (AvgIpc) is 2.43. The van der Waals surface area contributed by atoms with Gasteiger partial charge in [0.05, 0.1) is 7.11 Å². The van der Waals surface area contributed by atoms with Gasteiger partial charge in [0.15, 0.2) is 0 Å². The van der Waals surface area contributed by atoms with Gasteiger partial charge in [0.1, 0.15) is 18.4 Å². The minimum atomic E-state index is -0.548. The van der Waals surface area contributed by atoms with Crippen LogP contribution in [0.5, 0.6) is 5.75 Å². The van der Waals surface area contributed by atoms with Gasteiger partial charge in [-0.25, -0.2) is 0 Å². The SMILES string of the molecule is CC[C@H](C)[C@H](N)C(=O)OCc1ccc(OC)cc1. The van der Waals surface area contributed by atoms with Gasteiger partial charge in [-0.05, 0) is 23.6 Å². The van der Waals surface area contributed by atoms with E-state index in [1.54, 1.807) is 7.11 Å². The third kappa shape index (κ3) is 4.04. The molecule has 100 valence electrons. The number of methoxy groups -OCH3 is 1. The molecule has 1 aromatic rings. The van der Waals surface area contributed by atoms with Crippen LogP contribution in [0.25, 0.3) is 0 Å². The zero-order chi connectivity index (χ0) is 13.5. The quantitative estimate of drug-likeness (QED) is 0.787. The van der Waals surface area contributed by atoms with Gasteiger partial charge in [0.25, 0.3) is 0 Å². The second-order valence-corrected chi connectivity index (χ2v) is 4.37. The molecule has 0 saturated heterocycles. The van der Waals surface area contributed by atoms with Crippen molar-refractivity contribution in [3.05, 3.63) is 29.8 Å². The summed E-state index contributed by atoms with van der Waals surface area (Å²) in [5, 5.41) is 0.